The van der Waals surface area contributed by atoms with Gasteiger partial charge in [0.25, 0.3) is 5.91 Å². The lowest BCUT2D eigenvalue weighted by Crippen LogP contribution is -2.46. The molecule has 1 atom stereocenters. The first-order valence-electron chi connectivity index (χ1n) is 11.2. The third-order valence-electron chi connectivity index (χ3n) is 5.84. The maximum Gasteiger partial charge on any atom is 0.254 e. The Kier molecular flexibility index (Phi) is 9.15. The van der Waals surface area contributed by atoms with Crippen molar-refractivity contribution < 1.29 is 9.59 Å². The van der Waals surface area contributed by atoms with Gasteiger partial charge in [-0.15, -0.1) is 0 Å². The second kappa shape index (κ2) is 11.6. The van der Waals surface area contributed by atoms with E-state index in [-0.39, 0.29) is 24.4 Å². The van der Waals surface area contributed by atoms with Gasteiger partial charge in [0.15, 0.2) is 0 Å². The molecule has 0 bridgehead atoms. The lowest BCUT2D eigenvalue weighted by molar-refractivity contribution is -0.133. The van der Waals surface area contributed by atoms with Crippen LogP contribution in [0.25, 0.3) is 0 Å². The summed E-state index contributed by atoms with van der Waals surface area (Å²) in [5.74, 6) is -0.0712. The molecule has 0 saturated carbocycles. The molecule has 2 rings (SSSR count). The number of carbonyl (C=O) groups is 2. The number of hydrogen-bond acceptors (Lipinski definition) is 2. The summed E-state index contributed by atoms with van der Waals surface area (Å²) in [6, 6.07) is 11.8. The summed E-state index contributed by atoms with van der Waals surface area (Å²) in [6.07, 6.45) is 5.71. The maximum atomic E-state index is 13.3. The van der Waals surface area contributed by atoms with E-state index >= 15 is 0 Å². The minimum absolute atomic E-state index is 0.00322. The first-order valence-corrected chi connectivity index (χ1v) is 11.2. The molecule has 0 saturated heterocycles. The van der Waals surface area contributed by atoms with Gasteiger partial charge in [0.1, 0.15) is 6.54 Å². The van der Waals surface area contributed by atoms with E-state index < -0.39 is 0 Å². The highest BCUT2D eigenvalue weighted by Gasteiger charge is 2.26. The van der Waals surface area contributed by atoms with Gasteiger partial charge in [-0.05, 0) is 56.0 Å². The molecule has 2 aromatic rings. The second-order valence-electron chi connectivity index (χ2n) is 8.02. The topological polar surface area (TPSA) is 45.6 Å². The van der Waals surface area contributed by atoms with E-state index in [9.17, 15) is 9.59 Å². The van der Waals surface area contributed by atoms with Crippen molar-refractivity contribution in [2.45, 2.75) is 66.0 Å². The van der Waals surface area contributed by atoms with Crippen molar-refractivity contribution in [2.24, 2.45) is 7.05 Å². The molecule has 0 unspecified atom stereocenters. The van der Waals surface area contributed by atoms with Crippen molar-refractivity contribution in [1.29, 1.82) is 0 Å². The van der Waals surface area contributed by atoms with Crippen LogP contribution in [0, 0.1) is 0 Å². The molecule has 0 aliphatic carbocycles. The minimum Gasteiger partial charge on any atom is -0.353 e. The molecular formula is C25H37N3O2. The van der Waals surface area contributed by atoms with E-state index in [0.717, 1.165) is 31.4 Å². The SMILES string of the molecule is CCCCN(Cc1cccn1C)C(=O)CN(C(=O)c1ccc(CC)cc1)[C@H](C)CC. The number of aromatic nitrogens is 1. The van der Waals surface area contributed by atoms with E-state index in [0.29, 0.717) is 18.7 Å². The Balaban J connectivity index is 2.19. The number of hydrogen-bond donors (Lipinski definition) is 0. The summed E-state index contributed by atoms with van der Waals surface area (Å²) >= 11 is 0. The summed E-state index contributed by atoms with van der Waals surface area (Å²) < 4.78 is 2.04. The molecule has 164 valence electrons. The molecule has 0 N–H and O–H groups in total. The summed E-state index contributed by atoms with van der Waals surface area (Å²) in [5, 5.41) is 0. The first kappa shape index (κ1) is 23.7. The van der Waals surface area contributed by atoms with Crippen LogP contribution in [-0.2, 0) is 24.8 Å². The van der Waals surface area contributed by atoms with E-state index in [2.05, 4.69) is 20.8 Å². The van der Waals surface area contributed by atoms with Crippen molar-refractivity contribution in [2.75, 3.05) is 13.1 Å². The van der Waals surface area contributed by atoms with Gasteiger partial charge < -0.3 is 14.4 Å². The Morgan fingerprint density at radius 2 is 1.77 bits per heavy atom. The van der Waals surface area contributed by atoms with Gasteiger partial charge in [0.05, 0.1) is 6.54 Å². The highest BCUT2D eigenvalue weighted by molar-refractivity contribution is 5.96. The van der Waals surface area contributed by atoms with Gasteiger partial charge in [-0.1, -0.05) is 39.3 Å². The number of unbranched alkanes of at least 4 members (excludes halogenated alkanes) is 1. The van der Waals surface area contributed by atoms with Crippen molar-refractivity contribution >= 4 is 11.8 Å². The van der Waals surface area contributed by atoms with Crippen molar-refractivity contribution in [3.8, 4) is 0 Å². The summed E-state index contributed by atoms with van der Waals surface area (Å²) in [6.45, 7) is 9.66. The molecule has 0 fully saturated rings. The fourth-order valence-corrected chi connectivity index (χ4v) is 3.44. The van der Waals surface area contributed by atoms with Gasteiger partial charge in [0, 0.05) is 37.1 Å². The van der Waals surface area contributed by atoms with Crippen LogP contribution < -0.4 is 0 Å². The van der Waals surface area contributed by atoms with Gasteiger partial charge in [-0.3, -0.25) is 9.59 Å². The molecule has 0 aliphatic heterocycles. The smallest absolute Gasteiger partial charge is 0.254 e. The Hall–Kier alpha value is -2.56. The zero-order valence-corrected chi connectivity index (χ0v) is 19.2. The fraction of sp³-hybridized carbons (Fsp3) is 0.520. The van der Waals surface area contributed by atoms with E-state index in [1.54, 1.807) is 4.90 Å². The Labute approximate surface area is 181 Å². The third kappa shape index (κ3) is 6.22. The molecule has 0 spiro atoms. The lowest BCUT2D eigenvalue weighted by Gasteiger charge is -2.31. The quantitative estimate of drug-likeness (QED) is 0.540. The van der Waals surface area contributed by atoms with Crippen LogP contribution in [0.2, 0.25) is 0 Å². The van der Waals surface area contributed by atoms with Gasteiger partial charge in [-0.25, -0.2) is 0 Å². The van der Waals surface area contributed by atoms with Crippen molar-refractivity contribution in [3.05, 3.63) is 59.4 Å². The third-order valence-corrected chi connectivity index (χ3v) is 5.84. The monoisotopic (exact) mass is 411 g/mol. The molecule has 5 nitrogen and oxygen atoms in total. The number of amides is 2. The normalized spacial score (nSPS) is 11.9. The van der Waals surface area contributed by atoms with Crippen LogP contribution >= 0.6 is 0 Å². The molecule has 30 heavy (non-hydrogen) atoms. The molecule has 0 aliphatic rings. The Bertz CT molecular complexity index is 810. The Morgan fingerprint density at radius 3 is 2.30 bits per heavy atom. The maximum absolute atomic E-state index is 13.3. The van der Waals surface area contributed by atoms with Gasteiger partial charge in [0.2, 0.25) is 5.91 Å². The predicted octanol–water partition coefficient (Wildman–Crippen LogP) is 4.66. The van der Waals surface area contributed by atoms with Crippen LogP contribution in [0.3, 0.4) is 0 Å². The fourth-order valence-electron chi connectivity index (χ4n) is 3.44. The molecule has 0 radical (unpaired) electrons. The van der Waals surface area contributed by atoms with Crippen LogP contribution in [0.15, 0.2) is 42.6 Å². The molecule has 1 aromatic heterocycles. The average Bonchev–Trinajstić information content (AvgIpc) is 3.18. The van der Waals surface area contributed by atoms with E-state index in [1.165, 1.54) is 5.56 Å². The largest absolute Gasteiger partial charge is 0.353 e. The number of carbonyl (C=O) groups excluding carboxylic acids is 2. The zero-order chi connectivity index (χ0) is 22.1. The van der Waals surface area contributed by atoms with Gasteiger partial charge in [-0.2, -0.15) is 0 Å². The van der Waals surface area contributed by atoms with Crippen LogP contribution in [0.4, 0.5) is 0 Å². The zero-order valence-electron chi connectivity index (χ0n) is 19.2. The minimum atomic E-state index is -0.0744. The summed E-state index contributed by atoms with van der Waals surface area (Å²) in [5.41, 5.74) is 2.94. The summed E-state index contributed by atoms with van der Waals surface area (Å²) in [7, 11) is 1.99. The number of rotatable bonds is 11. The van der Waals surface area contributed by atoms with E-state index in [4.69, 9.17) is 0 Å². The predicted molar refractivity (Wildman–Crippen MR) is 122 cm³/mol. The molecular weight excluding hydrogens is 374 g/mol. The number of nitrogens with zero attached hydrogens (tertiary/aromatic N) is 3. The van der Waals surface area contributed by atoms with Gasteiger partial charge >= 0.3 is 0 Å². The van der Waals surface area contributed by atoms with Crippen LogP contribution in [0.1, 0.15) is 68.6 Å². The highest BCUT2D eigenvalue weighted by atomic mass is 16.2. The highest BCUT2D eigenvalue weighted by Crippen LogP contribution is 2.15. The molecule has 2 amide bonds. The number of benzene rings is 1. The first-order chi connectivity index (χ1) is 14.4. The van der Waals surface area contributed by atoms with Crippen LogP contribution in [0.5, 0.6) is 0 Å². The Morgan fingerprint density at radius 1 is 1.07 bits per heavy atom. The molecule has 1 heterocycles. The van der Waals surface area contributed by atoms with E-state index in [1.807, 2.05) is 66.0 Å². The average molecular weight is 412 g/mol. The summed E-state index contributed by atoms with van der Waals surface area (Å²) in [4.78, 5) is 30.1. The molecule has 5 heteroatoms. The second-order valence-corrected chi connectivity index (χ2v) is 8.02. The standard InChI is InChI=1S/C25H37N3O2/c1-6-9-17-27(18-23-11-10-16-26(23)5)24(29)19-28(20(4)7-2)25(30)22-14-12-21(8-3)13-15-22/h10-16,20H,6-9,17-19H2,1-5H3/t20-/m1/s1. The van der Waals surface area contributed by atoms with Crippen LogP contribution in [-0.4, -0.2) is 45.3 Å². The molecule has 1 aromatic carbocycles. The van der Waals surface area contributed by atoms with Crippen molar-refractivity contribution in [3.63, 3.8) is 0 Å². The van der Waals surface area contributed by atoms with Crippen molar-refractivity contribution in [1.82, 2.24) is 14.4 Å². The number of aryl methyl sites for hydroxylation is 2. The lowest BCUT2D eigenvalue weighted by atomic mass is 10.1.